The lowest BCUT2D eigenvalue weighted by molar-refractivity contribution is -0.140. The van der Waals surface area contributed by atoms with E-state index in [1.807, 2.05) is 0 Å². The van der Waals surface area contributed by atoms with Crippen molar-refractivity contribution in [1.82, 2.24) is 4.90 Å². The molecule has 0 aromatic heterocycles. The summed E-state index contributed by atoms with van der Waals surface area (Å²) in [6, 6.07) is 0. The lowest BCUT2D eigenvalue weighted by atomic mass is 10.3. The van der Waals surface area contributed by atoms with Crippen LogP contribution in [-0.4, -0.2) is 51.3 Å². The molecule has 0 bridgehead atoms. The van der Waals surface area contributed by atoms with Crippen molar-refractivity contribution in [3.05, 3.63) is 0 Å². The van der Waals surface area contributed by atoms with Gasteiger partial charge in [0.15, 0.2) is 0 Å². The summed E-state index contributed by atoms with van der Waals surface area (Å²) < 4.78 is 9.58. The molecule has 15 heavy (non-hydrogen) atoms. The van der Waals surface area contributed by atoms with Gasteiger partial charge in [0.25, 0.3) is 0 Å². The molecule has 0 N–H and O–H groups in total. The van der Waals surface area contributed by atoms with E-state index in [9.17, 15) is 4.79 Å². The first-order valence-corrected chi connectivity index (χ1v) is 5.52. The van der Waals surface area contributed by atoms with Gasteiger partial charge in [-0.2, -0.15) is 0 Å². The first-order chi connectivity index (χ1) is 7.24. The van der Waals surface area contributed by atoms with Crippen LogP contribution in [-0.2, 0) is 14.3 Å². The zero-order valence-electron chi connectivity index (χ0n) is 10.1. The average molecular weight is 217 g/mol. The van der Waals surface area contributed by atoms with Crippen molar-refractivity contribution in [2.45, 2.75) is 26.2 Å². The molecule has 0 fully saturated rings. The van der Waals surface area contributed by atoms with Crippen molar-refractivity contribution < 1.29 is 14.3 Å². The van der Waals surface area contributed by atoms with Crippen molar-refractivity contribution in [1.29, 1.82) is 0 Å². The van der Waals surface area contributed by atoms with E-state index in [0.717, 1.165) is 39.1 Å². The molecule has 0 saturated heterocycles. The number of methoxy groups -OCH3 is 2. The van der Waals surface area contributed by atoms with Crippen LogP contribution < -0.4 is 0 Å². The Balaban J connectivity index is 3.50. The van der Waals surface area contributed by atoms with E-state index in [2.05, 4.69) is 16.6 Å². The molecule has 4 heteroatoms. The van der Waals surface area contributed by atoms with Gasteiger partial charge in [0.1, 0.15) is 0 Å². The third-order valence-electron chi connectivity index (χ3n) is 2.38. The Morgan fingerprint density at radius 3 is 2.47 bits per heavy atom. The van der Waals surface area contributed by atoms with Gasteiger partial charge >= 0.3 is 5.97 Å². The molecule has 0 aliphatic heterocycles. The van der Waals surface area contributed by atoms with Crippen molar-refractivity contribution in [2.75, 3.05) is 40.5 Å². The molecule has 90 valence electrons. The second-order valence-electron chi connectivity index (χ2n) is 3.46. The zero-order valence-corrected chi connectivity index (χ0v) is 10.1. The van der Waals surface area contributed by atoms with Gasteiger partial charge in [-0.15, -0.1) is 0 Å². The Morgan fingerprint density at radius 1 is 1.20 bits per heavy atom. The predicted octanol–water partition coefficient (Wildman–Crippen LogP) is 1.30. The number of hydrogen-bond donors (Lipinski definition) is 0. The van der Waals surface area contributed by atoms with Crippen LogP contribution in [0.4, 0.5) is 0 Å². The quantitative estimate of drug-likeness (QED) is 0.431. The average Bonchev–Trinajstić information content (AvgIpc) is 2.27. The van der Waals surface area contributed by atoms with E-state index in [-0.39, 0.29) is 5.97 Å². The monoisotopic (exact) mass is 217 g/mol. The van der Waals surface area contributed by atoms with Crippen molar-refractivity contribution in [2.24, 2.45) is 0 Å². The van der Waals surface area contributed by atoms with Crippen molar-refractivity contribution >= 4 is 5.97 Å². The number of unbranched alkanes of at least 4 members (excludes halogenated alkanes) is 1. The van der Waals surface area contributed by atoms with Gasteiger partial charge in [-0.05, 0) is 25.9 Å². The van der Waals surface area contributed by atoms with E-state index in [1.54, 1.807) is 7.11 Å². The summed E-state index contributed by atoms with van der Waals surface area (Å²) in [4.78, 5) is 13.2. The normalized spacial score (nSPS) is 10.7. The highest BCUT2D eigenvalue weighted by molar-refractivity contribution is 5.69. The number of carbonyl (C=O) groups is 1. The predicted molar refractivity (Wildman–Crippen MR) is 59.9 cm³/mol. The molecule has 0 unspecified atom stereocenters. The summed E-state index contributed by atoms with van der Waals surface area (Å²) in [5, 5.41) is 0. The van der Waals surface area contributed by atoms with Gasteiger partial charge in [-0.3, -0.25) is 4.79 Å². The SMILES string of the molecule is CCN(CCCCOC)CCC(=O)OC. The summed E-state index contributed by atoms with van der Waals surface area (Å²) in [6.45, 7) is 5.71. The van der Waals surface area contributed by atoms with Crippen LogP contribution in [0.15, 0.2) is 0 Å². The third kappa shape index (κ3) is 8.39. The fourth-order valence-electron chi connectivity index (χ4n) is 1.36. The lowest BCUT2D eigenvalue weighted by Gasteiger charge is -2.19. The number of nitrogens with zero attached hydrogens (tertiary/aromatic N) is 1. The number of carbonyl (C=O) groups excluding carboxylic acids is 1. The standard InChI is InChI=1S/C11H23NO3/c1-4-12(8-5-6-10-14-2)9-7-11(13)15-3/h4-10H2,1-3H3. The summed E-state index contributed by atoms with van der Waals surface area (Å²) in [7, 11) is 3.14. The number of hydrogen-bond acceptors (Lipinski definition) is 4. The van der Waals surface area contributed by atoms with Gasteiger partial charge in [-0.1, -0.05) is 6.92 Å². The van der Waals surface area contributed by atoms with E-state index in [4.69, 9.17) is 4.74 Å². The molecule has 0 aliphatic carbocycles. The topological polar surface area (TPSA) is 38.8 Å². The van der Waals surface area contributed by atoms with Gasteiger partial charge < -0.3 is 14.4 Å². The lowest BCUT2D eigenvalue weighted by Crippen LogP contribution is -2.27. The molecule has 0 amide bonds. The molecule has 0 heterocycles. The van der Waals surface area contributed by atoms with Crippen LogP contribution >= 0.6 is 0 Å². The molecule has 0 radical (unpaired) electrons. The van der Waals surface area contributed by atoms with Crippen molar-refractivity contribution in [3.63, 3.8) is 0 Å². The van der Waals surface area contributed by atoms with Gasteiger partial charge in [0, 0.05) is 20.3 Å². The molecule has 0 aromatic carbocycles. The first kappa shape index (κ1) is 14.4. The van der Waals surface area contributed by atoms with E-state index in [0.29, 0.717) is 6.42 Å². The molecule has 0 atom stereocenters. The summed E-state index contributed by atoms with van der Waals surface area (Å²) >= 11 is 0. The van der Waals surface area contributed by atoms with E-state index < -0.39 is 0 Å². The van der Waals surface area contributed by atoms with E-state index >= 15 is 0 Å². The van der Waals surface area contributed by atoms with Gasteiger partial charge in [0.2, 0.25) is 0 Å². The molecular formula is C11H23NO3. The number of esters is 1. The summed E-state index contributed by atoms with van der Waals surface area (Å²) in [5.74, 6) is -0.134. The van der Waals surface area contributed by atoms with Crippen LogP contribution in [0.3, 0.4) is 0 Å². The highest BCUT2D eigenvalue weighted by Crippen LogP contribution is 1.98. The minimum Gasteiger partial charge on any atom is -0.469 e. The molecule has 0 spiro atoms. The second kappa shape index (κ2) is 9.93. The maximum Gasteiger partial charge on any atom is 0.306 e. The zero-order chi connectivity index (χ0) is 11.5. The highest BCUT2D eigenvalue weighted by Gasteiger charge is 2.05. The smallest absolute Gasteiger partial charge is 0.306 e. The third-order valence-corrected chi connectivity index (χ3v) is 2.38. The molecular weight excluding hydrogens is 194 g/mol. The fraction of sp³-hybridized carbons (Fsp3) is 0.909. The van der Waals surface area contributed by atoms with Crippen LogP contribution in [0.25, 0.3) is 0 Å². The molecule has 0 saturated carbocycles. The summed E-state index contributed by atoms with van der Waals surface area (Å²) in [6.07, 6.45) is 2.67. The molecule has 4 nitrogen and oxygen atoms in total. The Bertz CT molecular complexity index is 162. The van der Waals surface area contributed by atoms with Crippen molar-refractivity contribution in [3.8, 4) is 0 Å². The van der Waals surface area contributed by atoms with E-state index in [1.165, 1.54) is 7.11 Å². The fourth-order valence-corrected chi connectivity index (χ4v) is 1.36. The largest absolute Gasteiger partial charge is 0.469 e. The van der Waals surface area contributed by atoms with Crippen LogP contribution in [0, 0.1) is 0 Å². The number of ether oxygens (including phenoxy) is 2. The minimum absolute atomic E-state index is 0.134. The Labute approximate surface area is 92.5 Å². The summed E-state index contributed by atoms with van der Waals surface area (Å²) in [5.41, 5.74) is 0. The van der Waals surface area contributed by atoms with Crippen LogP contribution in [0.1, 0.15) is 26.2 Å². The highest BCUT2D eigenvalue weighted by atomic mass is 16.5. The second-order valence-corrected chi connectivity index (χ2v) is 3.46. The van der Waals surface area contributed by atoms with Crippen LogP contribution in [0.5, 0.6) is 0 Å². The minimum atomic E-state index is -0.134. The maximum absolute atomic E-state index is 10.9. The molecule has 0 aromatic rings. The maximum atomic E-state index is 10.9. The molecule has 0 rings (SSSR count). The Morgan fingerprint density at radius 2 is 1.93 bits per heavy atom. The molecule has 0 aliphatic rings. The van der Waals surface area contributed by atoms with Gasteiger partial charge in [-0.25, -0.2) is 0 Å². The number of rotatable bonds is 9. The first-order valence-electron chi connectivity index (χ1n) is 5.52. The Hall–Kier alpha value is -0.610. The Kier molecular flexibility index (Phi) is 9.52. The van der Waals surface area contributed by atoms with Gasteiger partial charge in [0.05, 0.1) is 13.5 Å². The van der Waals surface area contributed by atoms with Crippen LogP contribution in [0.2, 0.25) is 0 Å².